The minimum absolute atomic E-state index is 0.00187. The molecule has 2 aromatic carbocycles. The van der Waals surface area contributed by atoms with E-state index in [1.165, 1.54) is 0 Å². The molecule has 190 valence electrons. The van der Waals surface area contributed by atoms with Gasteiger partial charge in [0.15, 0.2) is 11.5 Å². The van der Waals surface area contributed by atoms with Crippen LogP contribution in [0, 0.1) is 11.8 Å². The highest BCUT2D eigenvalue weighted by atomic mass is 35.5. The summed E-state index contributed by atoms with van der Waals surface area (Å²) in [6.45, 7) is 5.03. The maximum Gasteiger partial charge on any atom is 0.290 e. The number of fused-ring (bicyclic) bond motifs is 1. The molecule has 5 atom stereocenters. The van der Waals surface area contributed by atoms with Crippen molar-refractivity contribution >= 4 is 23.3 Å². The summed E-state index contributed by atoms with van der Waals surface area (Å²) >= 11 is 6.57. The highest BCUT2D eigenvalue weighted by molar-refractivity contribution is 6.21. The lowest BCUT2D eigenvalue weighted by Crippen LogP contribution is -2.44. The highest BCUT2D eigenvalue weighted by Crippen LogP contribution is 2.48. The Morgan fingerprint density at radius 2 is 1.72 bits per heavy atom. The molecule has 5 unspecified atom stereocenters. The topological polar surface area (TPSA) is 65.1 Å². The quantitative estimate of drug-likeness (QED) is 0.486. The fourth-order valence-electron chi connectivity index (χ4n) is 5.60. The van der Waals surface area contributed by atoms with Crippen molar-refractivity contribution in [2.45, 2.75) is 50.6 Å². The molecule has 0 aromatic heterocycles. The number of carbonyl (C=O) groups excluding carboxylic acids is 2. The van der Waals surface area contributed by atoms with Gasteiger partial charge in [-0.05, 0) is 67.5 Å². The van der Waals surface area contributed by atoms with Crippen molar-refractivity contribution in [2.24, 2.45) is 11.8 Å². The van der Waals surface area contributed by atoms with Gasteiger partial charge in [-0.1, -0.05) is 31.2 Å². The van der Waals surface area contributed by atoms with Crippen molar-refractivity contribution in [3.8, 4) is 11.5 Å². The largest absolute Gasteiger partial charge is 0.497 e. The third-order valence-electron chi connectivity index (χ3n) is 7.61. The average molecular weight is 510 g/mol. The predicted octanol–water partition coefficient (Wildman–Crippen LogP) is 5.10. The van der Waals surface area contributed by atoms with Gasteiger partial charge >= 0.3 is 0 Å². The standard InChI is InChI=1S/C29H32ClNO5/c1-4-35-21-11-7-19(8-12-21)26-25-27(32)22-16-23(30)17(2)15-24(22)36-28(25)29(33)31(26)14-13-18-5-9-20(34-3)10-6-18/h5-12,17,22-24,26H,4,13-16H2,1-3H3. The summed E-state index contributed by atoms with van der Waals surface area (Å²) in [5.41, 5.74) is 2.42. The number of carbonyl (C=O) groups is 2. The van der Waals surface area contributed by atoms with Crippen molar-refractivity contribution in [1.29, 1.82) is 0 Å². The second-order valence-corrected chi connectivity index (χ2v) is 10.4. The average Bonchev–Trinajstić information content (AvgIpc) is 3.16. The summed E-state index contributed by atoms with van der Waals surface area (Å²) in [6, 6.07) is 15.0. The van der Waals surface area contributed by atoms with Crippen LogP contribution in [0.15, 0.2) is 59.9 Å². The summed E-state index contributed by atoms with van der Waals surface area (Å²) in [6.07, 6.45) is 1.59. The molecular formula is C29H32ClNO5. The first-order valence-electron chi connectivity index (χ1n) is 12.7. The molecule has 0 bridgehead atoms. The van der Waals surface area contributed by atoms with Crippen molar-refractivity contribution in [3.05, 3.63) is 71.0 Å². The van der Waals surface area contributed by atoms with E-state index in [-0.39, 0.29) is 40.8 Å². The second kappa shape index (κ2) is 10.2. The number of hydrogen-bond acceptors (Lipinski definition) is 5. The van der Waals surface area contributed by atoms with E-state index in [4.69, 9.17) is 25.8 Å². The van der Waals surface area contributed by atoms with Crippen LogP contribution < -0.4 is 9.47 Å². The van der Waals surface area contributed by atoms with Gasteiger partial charge in [-0.15, -0.1) is 11.6 Å². The summed E-state index contributed by atoms with van der Waals surface area (Å²) in [5, 5.41) is -0.0758. The third kappa shape index (κ3) is 4.47. The maximum atomic E-state index is 13.9. The number of rotatable bonds is 7. The Balaban J connectivity index is 1.47. The Hall–Kier alpha value is -2.99. The Bertz CT molecular complexity index is 1160. The van der Waals surface area contributed by atoms with Crippen molar-refractivity contribution in [2.75, 3.05) is 20.3 Å². The Kier molecular flexibility index (Phi) is 6.98. The Labute approximate surface area is 217 Å². The van der Waals surface area contributed by atoms with Crippen LogP contribution in [0.1, 0.15) is 43.9 Å². The van der Waals surface area contributed by atoms with Gasteiger partial charge in [0.05, 0.1) is 31.2 Å². The monoisotopic (exact) mass is 509 g/mol. The van der Waals surface area contributed by atoms with Crippen LogP contribution in [0.3, 0.4) is 0 Å². The number of ether oxygens (including phenoxy) is 3. The zero-order valence-corrected chi connectivity index (χ0v) is 21.7. The molecule has 1 saturated carbocycles. The normalized spacial score (nSPS) is 27.4. The van der Waals surface area contributed by atoms with E-state index in [2.05, 4.69) is 6.92 Å². The minimum Gasteiger partial charge on any atom is -0.497 e. The lowest BCUT2D eigenvalue weighted by atomic mass is 9.74. The lowest BCUT2D eigenvalue weighted by Gasteiger charge is -2.40. The summed E-state index contributed by atoms with van der Waals surface area (Å²) in [4.78, 5) is 29.3. The number of methoxy groups -OCH3 is 1. The highest BCUT2D eigenvalue weighted by Gasteiger charge is 2.53. The van der Waals surface area contributed by atoms with Gasteiger partial charge in [-0.25, -0.2) is 0 Å². The molecule has 6 nitrogen and oxygen atoms in total. The molecule has 2 heterocycles. The fraction of sp³-hybridized carbons (Fsp3) is 0.448. The summed E-state index contributed by atoms with van der Waals surface area (Å²) in [7, 11) is 1.64. The van der Waals surface area contributed by atoms with Crippen LogP contribution >= 0.6 is 11.6 Å². The SMILES string of the molecule is CCOc1ccc(C2C3=C(OC4CC(C)C(Cl)CC4C3=O)C(=O)N2CCc2ccc(OC)cc2)cc1. The number of benzene rings is 2. The number of hydrogen-bond donors (Lipinski definition) is 0. The Morgan fingerprint density at radius 1 is 1.03 bits per heavy atom. The number of halogens is 1. The van der Waals surface area contributed by atoms with Crippen LogP contribution in [0.5, 0.6) is 11.5 Å². The molecule has 36 heavy (non-hydrogen) atoms. The number of nitrogens with zero attached hydrogens (tertiary/aromatic N) is 1. The first kappa shape index (κ1) is 24.7. The molecule has 2 aliphatic heterocycles. The first-order chi connectivity index (χ1) is 17.4. The van der Waals surface area contributed by atoms with Crippen molar-refractivity contribution in [3.63, 3.8) is 0 Å². The van der Waals surface area contributed by atoms with E-state index in [9.17, 15) is 9.59 Å². The molecule has 1 fully saturated rings. The molecule has 0 N–H and O–H groups in total. The zero-order valence-electron chi connectivity index (χ0n) is 20.9. The fourth-order valence-corrected chi connectivity index (χ4v) is 5.89. The van der Waals surface area contributed by atoms with E-state index >= 15 is 0 Å². The van der Waals surface area contributed by atoms with Gasteiger partial charge in [0.25, 0.3) is 5.91 Å². The van der Waals surface area contributed by atoms with E-state index < -0.39 is 6.04 Å². The number of amides is 1. The van der Waals surface area contributed by atoms with Gasteiger partial charge in [-0.3, -0.25) is 9.59 Å². The first-order valence-corrected chi connectivity index (χ1v) is 13.1. The molecule has 1 amide bonds. The van der Waals surface area contributed by atoms with Crippen LogP contribution in [-0.2, 0) is 20.7 Å². The Morgan fingerprint density at radius 3 is 2.39 bits per heavy atom. The number of Topliss-reactive ketones (excluding diaryl/α,β-unsaturated/α-hetero) is 1. The van der Waals surface area contributed by atoms with Gasteiger partial charge < -0.3 is 19.1 Å². The number of ketones is 1. The van der Waals surface area contributed by atoms with Crippen LogP contribution in [0.25, 0.3) is 0 Å². The smallest absolute Gasteiger partial charge is 0.290 e. The van der Waals surface area contributed by atoms with Crippen molar-refractivity contribution in [1.82, 2.24) is 4.90 Å². The molecule has 2 aromatic rings. The molecule has 5 rings (SSSR count). The minimum atomic E-state index is -0.497. The summed E-state index contributed by atoms with van der Waals surface area (Å²) < 4.78 is 17.2. The molecular weight excluding hydrogens is 478 g/mol. The van der Waals surface area contributed by atoms with Gasteiger partial charge in [-0.2, -0.15) is 0 Å². The van der Waals surface area contributed by atoms with Crippen molar-refractivity contribution < 1.29 is 23.8 Å². The van der Waals surface area contributed by atoms with E-state index in [0.29, 0.717) is 38.0 Å². The molecule has 7 heteroatoms. The summed E-state index contributed by atoms with van der Waals surface area (Å²) in [5.74, 6) is 1.45. The lowest BCUT2D eigenvalue weighted by molar-refractivity contribution is -0.136. The second-order valence-electron chi connectivity index (χ2n) is 9.84. The van der Waals surface area contributed by atoms with Crippen LogP contribution in [0.2, 0.25) is 0 Å². The molecule has 1 aliphatic carbocycles. The molecule has 3 aliphatic rings. The molecule has 0 spiro atoms. The zero-order chi connectivity index (χ0) is 25.4. The number of alkyl halides is 1. The third-order valence-corrected chi connectivity index (χ3v) is 8.22. The van der Waals surface area contributed by atoms with Crippen LogP contribution in [-0.4, -0.2) is 48.3 Å². The van der Waals surface area contributed by atoms with Gasteiger partial charge in [0, 0.05) is 11.9 Å². The van der Waals surface area contributed by atoms with E-state index in [1.54, 1.807) is 12.0 Å². The van der Waals surface area contributed by atoms with Crippen LogP contribution in [0.4, 0.5) is 0 Å². The van der Waals surface area contributed by atoms with Gasteiger partial charge in [0.2, 0.25) is 0 Å². The molecule has 0 radical (unpaired) electrons. The predicted molar refractivity (Wildman–Crippen MR) is 137 cm³/mol. The van der Waals surface area contributed by atoms with Gasteiger partial charge in [0.1, 0.15) is 17.6 Å². The van der Waals surface area contributed by atoms with E-state index in [1.807, 2.05) is 55.5 Å². The molecule has 0 saturated heterocycles. The van der Waals surface area contributed by atoms with E-state index in [0.717, 1.165) is 22.6 Å². The maximum absolute atomic E-state index is 13.9.